The van der Waals surface area contributed by atoms with E-state index in [2.05, 4.69) is 20.8 Å². The van der Waals surface area contributed by atoms with Crippen LogP contribution in [0.1, 0.15) is 59.3 Å². The third-order valence-electron chi connectivity index (χ3n) is 2.39. The first kappa shape index (κ1) is 13.6. The number of hydrogen-bond acceptors (Lipinski definition) is 2. The van der Waals surface area contributed by atoms with Crippen molar-refractivity contribution in [1.82, 2.24) is 0 Å². The lowest BCUT2D eigenvalue weighted by Crippen LogP contribution is -2.23. The van der Waals surface area contributed by atoms with Gasteiger partial charge in [-0.05, 0) is 18.8 Å². The average Bonchev–Trinajstić information content (AvgIpc) is 2.03. The van der Waals surface area contributed by atoms with Gasteiger partial charge in [-0.1, -0.05) is 33.6 Å². The van der Waals surface area contributed by atoms with E-state index in [1.165, 1.54) is 0 Å². The largest absolute Gasteiger partial charge is 0.327 e. The molecule has 0 bridgehead atoms. The first-order chi connectivity index (χ1) is 6.56. The van der Waals surface area contributed by atoms with Gasteiger partial charge in [0.2, 0.25) is 0 Å². The Bertz CT molecular complexity index is 154. The molecule has 0 amide bonds. The van der Waals surface area contributed by atoms with Gasteiger partial charge >= 0.3 is 0 Å². The van der Waals surface area contributed by atoms with Gasteiger partial charge in [0.25, 0.3) is 0 Å². The number of carbonyl (C=O) groups excluding carboxylic acids is 1. The van der Waals surface area contributed by atoms with Crippen LogP contribution in [0, 0.1) is 5.92 Å². The molecule has 0 spiro atoms. The lowest BCUT2D eigenvalue weighted by atomic mass is 10.0. The molecular formula is C12H25NO. The predicted molar refractivity (Wildman–Crippen MR) is 61.2 cm³/mol. The van der Waals surface area contributed by atoms with Crippen molar-refractivity contribution in [3.8, 4) is 0 Å². The van der Waals surface area contributed by atoms with E-state index in [9.17, 15) is 4.79 Å². The minimum Gasteiger partial charge on any atom is -0.327 e. The molecule has 0 heterocycles. The minimum atomic E-state index is 0.0894. The van der Waals surface area contributed by atoms with Crippen LogP contribution < -0.4 is 5.73 Å². The normalized spacial score (nSPS) is 13.2. The highest BCUT2D eigenvalue weighted by Crippen LogP contribution is 2.09. The van der Waals surface area contributed by atoms with Gasteiger partial charge in [-0.2, -0.15) is 0 Å². The third-order valence-corrected chi connectivity index (χ3v) is 2.39. The van der Waals surface area contributed by atoms with Crippen molar-refractivity contribution < 1.29 is 4.79 Å². The smallest absolute Gasteiger partial charge is 0.134 e. The summed E-state index contributed by atoms with van der Waals surface area (Å²) in [4.78, 5) is 11.4. The van der Waals surface area contributed by atoms with E-state index in [-0.39, 0.29) is 6.04 Å². The second kappa shape index (κ2) is 7.98. The molecule has 0 aliphatic heterocycles. The molecule has 0 aliphatic carbocycles. The van der Waals surface area contributed by atoms with Crippen molar-refractivity contribution in [2.75, 3.05) is 0 Å². The van der Waals surface area contributed by atoms with Gasteiger partial charge in [-0.3, -0.25) is 4.79 Å². The Kier molecular flexibility index (Phi) is 7.77. The number of carbonyl (C=O) groups is 1. The van der Waals surface area contributed by atoms with Gasteiger partial charge in [0.1, 0.15) is 5.78 Å². The molecule has 1 unspecified atom stereocenters. The molecule has 0 rings (SSSR count). The fourth-order valence-corrected chi connectivity index (χ4v) is 1.57. The van der Waals surface area contributed by atoms with E-state index in [1.807, 2.05) is 0 Å². The molecule has 2 N–H and O–H groups in total. The molecule has 0 aromatic heterocycles. The summed E-state index contributed by atoms with van der Waals surface area (Å²) in [6.45, 7) is 6.48. The molecule has 1 atom stereocenters. The molecule has 0 fully saturated rings. The highest BCUT2D eigenvalue weighted by atomic mass is 16.1. The van der Waals surface area contributed by atoms with Crippen LogP contribution in [0.25, 0.3) is 0 Å². The van der Waals surface area contributed by atoms with Crippen molar-refractivity contribution in [2.45, 2.75) is 65.3 Å². The summed E-state index contributed by atoms with van der Waals surface area (Å²) in [5.74, 6) is 1.04. The van der Waals surface area contributed by atoms with Crippen LogP contribution in [0.3, 0.4) is 0 Å². The maximum absolute atomic E-state index is 11.4. The Labute approximate surface area is 88.3 Å². The topological polar surface area (TPSA) is 43.1 Å². The predicted octanol–water partition coefficient (Wildman–Crippen LogP) is 2.90. The zero-order valence-electron chi connectivity index (χ0n) is 9.88. The molecule has 0 aromatic carbocycles. The summed E-state index contributed by atoms with van der Waals surface area (Å²) in [6, 6.07) is 0.0894. The Morgan fingerprint density at radius 2 is 1.93 bits per heavy atom. The van der Waals surface area contributed by atoms with Gasteiger partial charge in [0.05, 0.1) is 0 Å². The van der Waals surface area contributed by atoms with Crippen LogP contribution in [-0.4, -0.2) is 11.8 Å². The SMILES string of the molecule is CCCC(N)CC(=O)CCCC(C)C. The molecule has 2 nitrogen and oxygen atoms in total. The summed E-state index contributed by atoms with van der Waals surface area (Å²) in [7, 11) is 0. The third kappa shape index (κ3) is 8.24. The molecule has 0 saturated heterocycles. The van der Waals surface area contributed by atoms with E-state index in [0.29, 0.717) is 18.1 Å². The van der Waals surface area contributed by atoms with Gasteiger partial charge < -0.3 is 5.73 Å². The first-order valence-corrected chi connectivity index (χ1v) is 5.83. The molecular weight excluding hydrogens is 174 g/mol. The Hall–Kier alpha value is -0.370. The first-order valence-electron chi connectivity index (χ1n) is 5.83. The fraction of sp³-hybridized carbons (Fsp3) is 0.917. The fourth-order valence-electron chi connectivity index (χ4n) is 1.57. The molecule has 0 radical (unpaired) electrons. The highest BCUT2D eigenvalue weighted by molar-refractivity contribution is 5.78. The maximum atomic E-state index is 11.4. The molecule has 0 saturated carbocycles. The van der Waals surface area contributed by atoms with Crippen LogP contribution in [0.5, 0.6) is 0 Å². The second-order valence-electron chi connectivity index (χ2n) is 4.58. The van der Waals surface area contributed by atoms with Crippen molar-refractivity contribution in [3.63, 3.8) is 0 Å². The maximum Gasteiger partial charge on any atom is 0.134 e. The van der Waals surface area contributed by atoms with Gasteiger partial charge in [-0.25, -0.2) is 0 Å². The van der Waals surface area contributed by atoms with Crippen LogP contribution in [-0.2, 0) is 4.79 Å². The number of hydrogen-bond donors (Lipinski definition) is 1. The van der Waals surface area contributed by atoms with E-state index in [4.69, 9.17) is 5.73 Å². The van der Waals surface area contributed by atoms with E-state index in [0.717, 1.165) is 32.1 Å². The number of ketones is 1. The zero-order chi connectivity index (χ0) is 11.0. The van der Waals surface area contributed by atoms with Crippen molar-refractivity contribution in [2.24, 2.45) is 11.7 Å². The zero-order valence-corrected chi connectivity index (χ0v) is 9.88. The number of nitrogens with two attached hydrogens (primary N) is 1. The van der Waals surface area contributed by atoms with Crippen LogP contribution >= 0.6 is 0 Å². The Morgan fingerprint density at radius 1 is 1.29 bits per heavy atom. The standard InChI is InChI=1S/C12H25NO/c1-4-6-11(13)9-12(14)8-5-7-10(2)3/h10-11H,4-9,13H2,1-3H3. The summed E-state index contributed by atoms with van der Waals surface area (Å²) >= 11 is 0. The Balaban J connectivity index is 3.45. The monoisotopic (exact) mass is 199 g/mol. The van der Waals surface area contributed by atoms with E-state index < -0.39 is 0 Å². The van der Waals surface area contributed by atoms with Gasteiger partial charge in [0.15, 0.2) is 0 Å². The summed E-state index contributed by atoms with van der Waals surface area (Å²) < 4.78 is 0. The van der Waals surface area contributed by atoms with E-state index >= 15 is 0 Å². The molecule has 0 aliphatic rings. The van der Waals surface area contributed by atoms with Crippen molar-refractivity contribution in [3.05, 3.63) is 0 Å². The van der Waals surface area contributed by atoms with E-state index in [1.54, 1.807) is 0 Å². The average molecular weight is 199 g/mol. The van der Waals surface area contributed by atoms with Gasteiger partial charge in [-0.15, -0.1) is 0 Å². The highest BCUT2D eigenvalue weighted by Gasteiger charge is 2.08. The van der Waals surface area contributed by atoms with Crippen molar-refractivity contribution >= 4 is 5.78 Å². The lowest BCUT2D eigenvalue weighted by molar-refractivity contribution is -0.119. The minimum absolute atomic E-state index is 0.0894. The number of Topliss-reactive ketones (excluding diaryl/α,β-unsaturated/α-hetero) is 1. The molecule has 14 heavy (non-hydrogen) atoms. The second-order valence-corrected chi connectivity index (χ2v) is 4.58. The molecule has 0 aromatic rings. The Morgan fingerprint density at radius 3 is 2.43 bits per heavy atom. The van der Waals surface area contributed by atoms with Crippen molar-refractivity contribution in [1.29, 1.82) is 0 Å². The summed E-state index contributed by atoms with van der Waals surface area (Å²) in [6.07, 6.45) is 5.50. The lowest BCUT2D eigenvalue weighted by Gasteiger charge is -2.09. The van der Waals surface area contributed by atoms with Crippen LogP contribution in [0.15, 0.2) is 0 Å². The summed E-state index contributed by atoms with van der Waals surface area (Å²) in [5, 5.41) is 0. The molecule has 2 heteroatoms. The van der Waals surface area contributed by atoms with Gasteiger partial charge in [0, 0.05) is 18.9 Å². The number of rotatable bonds is 8. The molecule has 84 valence electrons. The van der Waals surface area contributed by atoms with Crippen LogP contribution in [0.4, 0.5) is 0 Å². The summed E-state index contributed by atoms with van der Waals surface area (Å²) in [5.41, 5.74) is 5.80. The quantitative estimate of drug-likeness (QED) is 0.653. The van der Waals surface area contributed by atoms with Crippen LogP contribution in [0.2, 0.25) is 0 Å².